The minimum Gasteiger partial charge on any atom is -0.467 e. The van der Waals surface area contributed by atoms with Crippen LogP contribution in [0.25, 0.3) is 32.9 Å². The van der Waals surface area contributed by atoms with Crippen molar-refractivity contribution >= 4 is 33.6 Å². The molecule has 256 valence electrons. The number of carbonyl (C=O) groups excluding carboxylic acids is 1. The first-order chi connectivity index (χ1) is 22.8. The number of anilines is 1. The average Bonchev–Trinajstić information content (AvgIpc) is 3.79. The van der Waals surface area contributed by atoms with Gasteiger partial charge < -0.3 is 19.3 Å². The summed E-state index contributed by atoms with van der Waals surface area (Å²) in [6, 6.07) is 7.57. The zero-order valence-electron chi connectivity index (χ0n) is 27.8. The number of likely N-dealkylation sites (tertiary alicyclic amines) is 1. The molecule has 7 rings (SSSR count). The number of pyridine rings is 1. The number of halogens is 4. The van der Waals surface area contributed by atoms with Crippen LogP contribution in [0.3, 0.4) is 0 Å². The Hall–Kier alpha value is -4.26. The number of fused-ring (bicyclic) bond motifs is 3. The number of alkyl halides is 1. The van der Waals surface area contributed by atoms with E-state index in [1.165, 1.54) is 38.3 Å². The van der Waals surface area contributed by atoms with E-state index in [0.717, 1.165) is 19.0 Å². The molecule has 0 saturated carbocycles. The summed E-state index contributed by atoms with van der Waals surface area (Å²) < 4.78 is 68.3. The Kier molecular flexibility index (Phi) is 9.34. The number of hydrogen-bond donors (Lipinski definition) is 0. The molecule has 0 aliphatic carbocycles. The third-order valence-corrected chi connectivity index (χ3v) is 9.17. The molecule has 4 aromatic rings. The Bertz CT molecular complexity index is 1820. The molecule has 13 heteroatoms. The van der Waals surface area contributed by atoms with Crippen molar-refractivity contribution in [3.8, 4) is 17.3 Å². The van der Waals surface area contributed by atoms with E-state index in [-0.39, 0.29) is 34.2 Å². The van der Waals surface area contributed by atoms with Gasteiger partial charge in [0.2, 0.25) is 0 Å². The van der Waals surface area contributed by atoms with Crippen molar-refractivity contribution in [1.29, 1.82) is 0 Å². The molecule has 5 heterocycles. The zero-order valence-corrected chi connectivity index (χ0v) is 27.8. The van der Waals surface area contributed by atoms with Crippen molar-refractivity contribution in [2.75, 3.05) is 45.2 Å². The van der Waals surface area contributed by atoms with Gasteiger partial charge in [-0.15, -0.1) is 0 Å². The van der Waals surface area contributed by atoms with Gasteiger partial charge in [0, 0.05) is 55.9 Å². The number of methoxy groups -OCH3 is 1. The number of ether oxygens (including phenoxy) is 2. The van der Waals surface area contributed by atoms with E-state index in [1.54, 1.807) is 24.1 Å². The molecule has 0 radical (unpaired) electrons. The molecule has 0 bridgehead atoms. The van der Waals surface area contributed by atoms with E-state index in [4.69, 9.17) is 9.47 Å². The normalized spacial score (nSPS) is 20.9. The van der Waals surface area contributed by atoms with E-state index in [2.05, 4.69) is 19.9 Å². The van der Waals surface area contributed by atoms with Crippen LogP contribution in [-0.4, -0.2) is 95.0 Å². The van der Waals surface area contributed by atoms with E-state index in [1.807, 2.05) is 25.7 Å². The van der Waals surface area contributed by atoms with E-state index in [9.17, 15) is 18.0 Å². The Labute approximate surface area is 276 Å². The predicted molar refractivity (Wildman–Crippen MR) is 175 cm³/mol. The van der Waals surface area contributed by atoms with Crippen molar-refractivity contribution in [2.45, 2.75) is 70.3 Å². The van der Waals surface area contributed by atoms with Gasteiger partial charge in [-0.1, -0.05) is 24.3 Å². The summed E-state index contributed by atoms with van der Waals surface area (Å²) in [5.41, 5.74) is -0.773. The van der Waals surface area contributed by atoms with Crippen LogP contribution >= 0.6 is 0 Å². The van der Waals surface area contributed by atoms with Gasteiger partial charge >= 0.3 is 12.1 Å². The second kappa shape index (κ2) is 13.3. The maximum atomic E-state index is 16.1. The standard InChI is InChI=1S/C28H28F3N5O3.C7H12FN/c1-28(2,3)39-27(37)36-12-11-16(14-36)35(4)25-18-13-32-23(22(31)24(18)33-26(34-25)38-5)17-8-6-7-15-9-10-19(29)21(30)20(15)17;8-6-4-7-2-1-3-9(7)5-6/h6-10,13,16H,11-12,14H2,1-5H3;6-7H,1-5H2. The molecule has 0 spiro atoms. The van der Waals surface area contributed by atoms with Gasteiger partial charge in [0.1, 0.15) is 28.8 Å². The number of carbonyl (C=O) groups is 1. The molecule has 9 nitrogen and oxygen atoms in total. The molecule has 3 unspecified atom stereocenters. The van der Waals surface area contributed by atoms with Gasteiger partial charge in [-0.2, -0.15) is 9.97 Å². The molecule has 3 aliphatic heterocycles. The number of nitrogens with zero attached hydrogens (tertiary/aromatic N) is 6. The van der Waals surface area contributed by atoms with E-state index >= 15 is 4.39 Å². The molecule has 3 saturated heterocycles. The summed E-state index contributed by atoms with van der Waals surface area (Å²) in [7, 11) is 3.16. The molecule has 48 heavy (non-hydrogen) atoms. The van der Waals surface area contributed by atoms with Crippen LogP contribution < -0.4 is 9.64 Å². The number of amides is 1. The monoisotopic (exact) mass is 668 g/mol. The molecule has 3 fully saturated rings. The molecular formula is C35H40F4N6O3. The van der Waals surface area contributed by atoms with Crippen LogP contribution in [0.15, 0.2) is 36.5 Å². The number of likely N-dealkylation sites (N-methyl/N-ethyl adjacent to an activating group) is 1. The van der Waals surface area contributed by atoms with Crippen molar-refractivity contribution in [1.82, 2.24) is 24.8 Å². The van der Waals surface area contributed by atoms with Gasteiger partial charge in [-0.25, -0.2) is 22.4 Å². The Morgan fingerprint density at radius 1 is 1.02 bits per heavy atom. The van der Waals surface area contributed by atoms with Gasteiger partial charge in [0.25, 0.3) is 0 Å². The SMILES string of the molecule is COc1nc(N(C)C2CCN(C(=O)OC(C)(C)C)C2)c2cnc(-c3cccc4ccc(F)c(F)c34)c(F)c2n1.FC1CC2CCCN2C1. The highest BCUT2D eigenvalue weighted by Crippen LogP contribution is 2.37. The summed E-state index contributed by atoms with van der Waals surface area (Å²) in [5.74, 6) is -2.58. The Morgan fingerprint density at radius 2 is 1.81 bits per heavy atom. The van der Waals surface area contributed by atoms with Crippen molar-refractivity contribution < 1.29 is 31.8 Å². The fraction of sp³-hybridized carbons (Fsp3) is 0.486. The third kappa shape index (κ3) is 6.69. The van der Waals surface area contributed by atoms with Crippen LogP contribution in [0.1, 0.15) is 46.5 Å². The van der Waals surface area contributed by atoms with E-state index in [0.29, 0.717) is 48.7 Å². The highest BCUT2D eigenvalue weighted by molar-refractivity contribution is 5.99. The minimum atomic E-state index is -1.08. The van der Waals surface area contributed by atoms with Gasteiger partial charge in [0.15, 0.2) is 17.5 Å². The summed E-state index contributed by atoms with van der Waals surface area (Å²) in [6.45, 7) is 8.16. The summed E-state index contributed by atoms with van der Waals surface area (Å²) in [4.78, 5) is 31.3. The summed E-state index contributed by atoms with van der Waals surface area (Å²) in [6.07, 6.45) is 4.46. The zero-order chi connectivity index (χ0) is 34.3. The molecule has 2 aromatic heterocycles. The fourth-order valence-corrected chi connectivity index (χ4v) is 6.83. The topological polar surface area (TPSA) is 83.9 Å². The fourth-order valence-electron chi connectivity index (χ4n) is 6.83. The Morgan fingerprint density at radius 3 is 2.54 bits per heavy atom. The predicted octanol–water partition coefficient (Wildman–Crippen LogP) is 6.91. The maximum absolute atomic E-state index is 16.1. The average molecular weight is 669 g/mol. The molecular weight excluding hydrogens is 628 g/mol. The highest BCUT2D eigenvalue weighted by atomic mass is 19.2. The third-order valence-electron chi connectivity index (χ3n) is 9.17. The largest absolute Gasteiger partial charge is 0.467 e. The van der Waals surface area contributed by atoms with Crippen molar-refractivity contribution in [2.24, 2.45) is 0 Å². The van der Waals surface area contributed by atoms with Crippen LogP contribution in [0.2, 0.25) is 0 Å². The number of hydrogen-bond acceptors (Lipinski definition) is 8. The lowest BCUT2D eigenvalue weighted by atomic mass is 10.00. The minimum absolute atomic E-state index is 0.0717. The van der Waals surface area contributed by atoms with Gasteiger partial charge in [0.05, 0.1) is 12.5 Å². The first kappa shape index (κ1) is 33.6. The smallest absolute Gasteiger partial charge is 0.410 e. The van der Waals surface area contributed by atoms with Crippen molar-refractivity contribution in [3.05, 3.63) is 54.0 Å². The first-order valence-corrected chi connectivity index (χ1v) is 16.2. The maximum Gasteiger partial charge on any atom is 0.410 e. The van der Waals surface area contributed by atoms with E-state index < -0.39 is 35.3 Å². The van der Waals surface area contributed by atoms with Crippen LogP contribution in [0.5, 0.6) is 6.01 Å². The number of aromatic nitrogens is 3. The molecule has 1 amide bonds. The second-order valence-corrected chi connectivity index (χ2v) is 13.6. The van der Waals surface area contributed by atoms with Crippen LogP contribution in [0.4, 0.5) is 28.2 Å². The molecule has 3 aliphatic rings. The summed E-state index contributed by atoms with van der Waals surface area (Å²) in [5, 5.41) is 0.640. The molecule has 2 aromatic carbocycles. The van der Waals surface area contributed by atoms with Gasteiger partial charge in [-0.3, -0.25) is 9.88 Å². The lowest BCUT2D eigenvalue weighted by molar-refractivity contribution is 0.0292. The van der Waals surface area contributed by atoms with Crippen LogP contribution in [-0.2, 0) is 4.74 Å². The number of rotatable bonds is 4. The van der Waals surface area contributed by atoms with Crippen molar-refractivity contribution in [3.63, 3.8) is 0 Å². The van der Waals surface area contributed by atoms with Crippen LogP contribution in [0, 0.1) is 17.5 Å². The lowest BCUT2D eigenvalue weighted by Gasteiger charge is -2.28. The second-order valence-electron chi connectivity index (χ2n) is 13.6. The Balaban J connectivity index is 0.000000381. The molecule has 0 N–H and O–H groups in total. The first-order valence-electron chi connectivity index (χ1n) is 16.2. The number of benzene rings is 2. The quantitative estimate of drug-likeness (QED) is 0.217. The molecule has 3 atom stereocenters. The lowest BCUT2D eigenvalue weighted by Crippen LogP contribution is -2.39. The van der Waals surface area contributed by atoms with Gasteiger partial charge in [-0.05, 0) is 64.5 Å². The summed E-state index contributed by atoms with van der Waals surface area (Å²) >= 11 is 0. The highest BCUT2D eigenvalue weighted by Gasteiger charge is 2.35.